The number of esters is 1. The number of hydrogen-bond acceptors (Lipinski definition) is 5. The third kappa shape index (κ3) is 5.64. The van der Waals surface area contributed by atoms with Crippen LogP contribution in [0.4, 0.5) is 11.4 Å². The van der Waals surface area contributed by atoms with Gasteiger partial charge >= 0.3 is 5.97 Å². The number of anilines is 2. The summed E-state index contributed by atoms with van der Waals surface area (Å²) in [4.78, 5) is 30.0. The molecule has 1 aliphatic rings. The van der Waals surface area contributed by atoms with Crippen molar-refractivity contribution < 1.29 is 14.3 Å². The molecule has 0 unspecified atom stereocenters. The third-order valence-corrected chi connectivity index (χ3v) is 6.11. The molecule has 6 heteroatoms. The van der Waals surface area contributed by atoms with Gasteiger partial charge in [0.2, 0.25) is 0 Å². The van der Waals surface area contributed by atoms with Crippen LogP contribution in [0, 0.1) is 13.8 Å². The van der Waals surface area contributed by atoms with Crippen LogP contribution in [0.15, 0.2) is 66.7 Å². The Hall–Kier alpha value is -3.64. The van der Waals surface area contributed by atoms with Crippen molar-refractivity contribution in [2.24, 2.45) is 0 Å². The maximum Gasteiger partial charge on any atom is 0.337 e. The fraction of sp³-hybridized carbons (Fsp3) is 0.286. The minimum Gasteiger partial charge on any atom is -0.465 e. The molecule has 0 spiro atoms. The van der Waals surface area contributed by atoms with Crippen molar-refractivity contribution in [3.63, 3.8) is 0 Å². The summed E-state index contributed by atoms with van der Waals surface area (Å²) in [5.41, 5.74) is 5.89. The first-order chi connectivity index (χ1) is 16.4. The zero-order chi connectivity index (χ0) is 24.1. The third-order valence-electron chi connectivity index (χ3n) is 6.11. The van der Waals surface area contributed by atoms with E-state index in [0.29, 0.717) is 16.8 Å². The highest BCUT2D eigenvalue weighted by molar-refractivity contribution is 6.07. The molecule has 1 saturated heterocycles. The standard InChI is InChI=1S/C28H31N3O3/c1-20-15-21(2)17-24(16-20)27(32)29-25-18-23(28(33)34-3)9-10-26(25)31-13-11-30(12-14-31)19-22-7-5-4-6-8-22/h4-10,15-18H,11-14,19H2,1-3H3,(H,29,32). The minimum absolute atomic E-state index is 0.197. The van der Waals surface area contributed by atoms with E-state index in [4.69, 9.17) is 4.74 Å². The van der Waals surface area contributed by atoms with Crippen LogP contribution in [0.5, 0.6) is 0 Å². The van der Waals surface area contributed by atoms with Gasteiger partial charge in [-0.15, -0.1) is 0 Å². The van der Waals surface area contributed by atoms with Crippen LogP contribution in [0.25, 0.3) is 0 Å². The number of nitrogens with one attached hydrogen (secondary N) is 1. The van der Waals surface area contributed by atoms with E-state index in [-0.39, 0.29) is 5.91 Å². The molecule has 1 fully saturated rings. The van der Waals surface area contributed by atoms with Gasteiger partial charge in [0, 0.05) is 38.3 Å². The molecule has 4 rings (SSSR count). The first-order valence-corrected chi connectivity index (χ1v) is 11.6. The van der Waals surface area contributed by atoms with Crippen molar-refractivity contribution in [3.8, 4) is 0 Å². The fourth-order valence-corrected chi connectivity index (χ4v) is 4.45. The van der Waals surface area contributed by atoms with Crippen molar-refractivity contribution >= 4 is 23.3 Å². The molecule has 1 N–H and O–H groups in total. The number of nitrogens with zero attached hydrogens (tertiary/aromatic N) is 2. The van der Waals surface area contributed by atoms with Crippen LogP contribution in [0.1, 0.15) is 37.4 Å². The molecule has 3 aromatic carbocycles. The zero-order valence-corrected chi connectivity index (χ0v) is 20.0. The van der Waals surface area contributed by atoms with Gasteiger partial charge in [0.1, 0.15) is 0 Å². The molecule has 0 radical (unpaired) electrons. The van der Waals surface area contributed by atoms with E-state index in [9.17, 15) is 9.59 Å². The quantitative estimate of drug-likeness (QED) is 0.546. The first-order valence-electron chi connectivity index (χ1n) is 11.6. The number of rotatable bonds is 6. The topological polar surface area (TPSA) is 61.9 Å². The van der Waals surface area contributed by atoms with Crippen LogP contribution in [-0.4, -0.2) is 50.1 Å². The molecule has 1 amide bonds. The van der Waals surface area contributed by atoms with Crippen LogP contribution >= 0.6 is 0 Å². The number of carbonyl (C=O) groups is 2. The Morgan fingerprint density at radius 2 is 1.53 bits per heavy atom. The molecule has 0 saturated carbocycles. The van der Waals surface area contributed by atoms with Crippen molar-refractivity contribution in [3.05, 3.63) is 94.5 Å². The number of benzene rings is 3. The highest BCUT2D eigenvalue weighted by atomic mass is 16.5. The van der Waals surface area contributed by atoms with Crippen molar-refractivity contribution in [2.45, 2.75) is 20.4 Å². The second kappa shape index (κ2) is 10.5. The normalized spacial score (nSPS) is 14.0. The number of piperazine rings is 1. The summed E-state index contributed by atoms with van der Waals surface area (Å²) in [5, 5.41) is 3.05. The Morgan fingerprint density at radius 1 is 0.853 bits per heavy atom. The highest BCUT2D eigenvalue weighted by Crippen LogP contribution is 2.29. The van der Waals surface area contributed by atoms with Crippen LogP contribution in [0.3, 0.4) is 0 Å². The minimum atomic E-state index is -0.430. The lowest BCUT2D eigenvalue weighted by Crippen LogP contribution is -2.46. The lowest BCUT2D eigenvalue weighted by atomic mass is 10.1. The maximum atomic E-state index is 13.1. The van der Waals surface area contributed by atoms with E-state index in [1.54, 1.807) is 12.1 Å². The molecular formula is C28H31N3O3. The van der Waals surface area contributed by atoms with E-state index in [1.165, 1.54) is 12.7 Å². The van der Waals surface area contributed by atoms with Gasteiger partial charge in [-0.05, 0) is 49.7 Å². The summed E-state index contributed by atoms with van der Waals surface area (Å²) < 4.78 is 4.90. The molecule has 0 aliphatic carbocycles. The van der Waals surface area contributed by atoms with Crippen LogP contribution in [-0.2, 0) is 11.3 Å². The summed E-state index contributed by atoms with van der Waals surface area (Å²) >= 11 is 0. The molecule has 0 aromatic heterocycles. The fourth-order valence-electron chi connectivity index (χ4n) is 4.45. The Kier molecular flexibility index (Phi) is 7.28. The van der Waals surface area contributed by atoms with Gasteiger partial charge in [-0.25, -0.2) is 4.79 Å². The maximum absolute atomic E-state index is 13.1. The second-order valence-electron chi connectivity index (χ2n) is 8.80. The number of ether oxygens (including phenoxy) is 1. The Morgan fingerprint density at radius 3 is 2.18 bits per heavy atom. The largest absolute Gasteiger partial charge is 0.465 e. The number of methoxy groups -OCH3 is 1. The van der Waals surface area contributed by atoms with Gasteiger partial charge in [0.15, 0.2) is 0 Å². The smallest absolute Gasteiger partial charge is 0.337 e. The molecule has 1 heterocycles. The summed E-state index contributed by atoms with van der Waals surface area (Å²) in [6.07, 6.45) is 0. The molecular weight excluding hydrogens is 426 g/mol. The van der Waals surface area contributed by atoms with E-state index in [0.717, 1.165) is 49.5 Å². The van der Waals surface area contributed by atoms with E-state index in [2.05, 4.69) is 39.4 Å². The number of aryl methyl sites for hydroxylation is 2. The average molecular weight is 458 g/mol. The summed E-state index contributed by atoms with van der Waals surface area (Å²) in [6, 6.07) is 21.6. The van der Waals surface area contributed by atoms with Crippen molar-refractivity contribution in [1.29, 1.82) is 0 Å². The number of carbonyl (C=O) groups excluding carboxylic acids is 2. The Labute approximate surface area is 201 Å². The molecule has 0 atom stereocenters. The average Bonchev–Trinajstić information content (AvgIpc) is 2.84. The highest BCUT2D eigenvalue weighted by Gasteiger charge is 2.22. The molecule has 6 nitrogen and oxygen atoms in total. The predicted molar refractivity (Wildman–Crippen MR) is 136 cm³/mol. The van der Waals surface area contributed by atoms with Gasteiger partial charge in [-0.3, -0.25) is 9.69 Å². The van der Waals surface area contributed by atoms with Crippen LogP contribution in [0.2, 0.25) is 0 Å². The lowest BCUT2D eigenvalue weighted by Gasteiger charge is -2.37. The first kappa shape index (κ1) is 23.5. The van der Waals surface area contributed by atoms with Gasteiger partial charge in [0.05, 0.1) is 24.0 Å². The van der Waals surface area contributed by atoms with E-state index in [1.807, 2.05) is 44.2 Å². The number of hydrogen-bond donors (Lipinski definition) is 1. The number of amides is 1. The van der Waals surface area contributed by atoms with Gasteiger partial charge in [0.25, 0.3) is 5.91 Å². The van der Waals surface area contributed by atoms with Gasteiger partial charge < -0.3 is 15.0 Å². The van der Waals surface area contributed by atoms with Crippen LogP contribution < -0.4 is 10.2 Å². The van der Waals surface area contributed by atoms with E-state index >= 15 is 0 Å². The summed E-state index contributed by atoms with van der Waals surface area (Å²) in [7, 11) is 1.36. The molecule has 3 aromatic rings. The SMILES string of the molecule is COC(=O)c1ccc(N2CCN(Cc3ccccc3)CC2)c(NC(=O)c2cc(C)cc(C)c2)c1. The van der Waals surface area contributed by atoms with Crippen molar-refractivity contribution in [1.82, 2.24) is 4.90 Å². The zero-order valence-electron chi connectivity index (χ0n) is 20.0. The monoisotopic (exact) mass is 457 g/mol. The van der Waals surface area contributed by atoms with Crippen molar-refractivity contribution in [2.75, 3.05) is 43.5 Å². The van der Waals surface area contributed by atoms with Gasteiger partial charge in [-0.2, -0.15) is 0 Å². The summed E-state index contributed by atoms with van der Waals surface area (Å²) in [6.45, 7) is 8.36. The Balaban J connectivity index is 1.53. The molecule has 176 valence electrons. The predicted octanol–water partition coefficient (Wildman–Crippen LogP) is 4.66. The lowest BCUT2D eigenvalue weighted by molar-refractivity contribution is 0.0600. The Bertz CT molecular complexity index is 1150. The van der Waals surface area contributed by atoms with Gasteiger partial charge in [-0.1, -0.05) is 47.5 Å². The van der Waals surface area contributed by atoms with E-state index < -0.39 is 5.97 Å². The molecule has 34 heavy (non-hydrogen) atoms. The molecule has 0 bridgehead atoms. The summed E-state index contributed by atoms with van der Waals surface area (Å²) in [5.74, 6) is -0.626. The molecule has 1 aliphatic heterocycles. The second-order valence-corrected chi connectivity index (χ2v) is 8.80.